The largest absolute Gasteiger partial charge is 0.0654 e. The molecule has 0 bridgehead atoms. The van der Waals surface area contributed by atoms with Crippen LogP contribution in [0, 0.1) is 6.92 Å². The maximum atomic E-state index is 4.02. The van der Waals surface area contributed by atoms with Crippen molar-refractivity contribution in [2.75, 3.05) is 0 Å². The average Bonchev–Trinajstić information content (AvgIpc) is 2.21. The Labute approximate surface area is 82.0 Å². The highest BCUT2D eigenvalue weighted by Gasteiger charge is 2.06. The monoisotopic (exact) mass is 175 g/mol. The van der Waals surface area contributed by atoms with Gasteiger partial charge in [-0.15, -0.1) is 0 Å². The van der Waals surface area contributed by atoms with Crippen LogP contribution in [0.2, 0.25) is 0 Å². The summed E-state index contributed by atoms with van der Waals surface area (Å²) in [6, 6.07) is 10.7. The number of rotatable bonds is 5. The van der Waals surface area contributed by atoms with Gasteiger partial charge in [0.1, 0.15) is 0 Å². The van der Waals surface area contributed by atoms with Crippen molar-refractivity contribution in [3.63, 3.8) is 0 Å². The minimum atomic E-state index is 0.668. The van der Waals surface area contributed by atoms with Crippen LogP contribution in [0.3, 0.4) is 0 Å². The van der Waals surface area contributed by atoms with Crippen LogP contribution in [0.5, 0.6) is 0 Å². The van der Waals surface area contributed by atoms with Gasteiger partial charge in [-0.25, -0.2) is 0 Å². The zero-order valence-electron chi connectivity index (χ0n) is 8.50. The topological polar surface area (TPSA) is 0 Å². The highest BCUT2D eigenvalue weighted by Crippen LogP contribution is 2.24. The molecule has 1 atom stereocenters. The molecule has 0 aliphatic heterocycles. The lowest BCUT2D eigenvalue weighted by Crippen LogP contribution is -1.96. The Morgan fingerprint density at radius 3 is 2.46 bits per heavy atom. The predicted molar refractivity (Wildman–Crippen MR) is 58.7 cm³/mol. The van der Waals surface area contributed by atoms with Gasteiger partial charge in [0, 0.05) is 0 Å². The molecule has 1 radical (unpaired) electrons. The fourth-order valence-electron chi connectivity index (χ4n) is 1.65. The molecule has 0 aliphatic rings. The van der Waals surface area contributed by atoms with E-state index in [0.29, 0.717) is 5.92 Å². The van der Waals surface area contributed by atoms with Crippen molar-refractivity contribution >= 4 is 0 Å². The summed E-state index contributed by atoms with van der Waals surface area (Å²) in [4.78, 5) is 0. The third kappa shape index (κ3) is 3.22. The van der Waals surface area contributed by atoms with Gasteiger partial charge in [-0.2, -0.15) is 0 Å². The van der Waals surface area contributed by atoms with Gasteiger partial charge in [-0.3, -0.25) is 0 Å². The van der Waals surface area contributed by atoms with Crippen molar-refractivity contribution in [3.05, 3.63) is 42.8 Å². The van der Waals surface area contributed by atoms with Crippen LogP contribution in [0.4, 0.5) is 0 Å². The zero-order chi connectivity index (χ0) is 9.52. The summed E-state index contributed by atoms with van der Waals surface area (Å²) < 4.78 is 0. The van der Waals surface area contributed by atoms with E-state index in [1.54, 1.807) is 0 Å². The van der Waals surface area contributed by atoms with Crippen LogP contribution >= 0.6 is 0 Å². The Balaban J connectivity index is 2.56. The van der Waals surface area contributed by atoms with Crippen LogP contribution in [0.1, 0.15) is 44.1 Å². The van der Waals surface area contributed by atoms with E-state index in [2.05, 4.69) is 44.2 Å². The lowest BCUT2D eigenvalue weighted by Gasteiger charge is -2.14. The van der Waals surface area contributed by atoms with Gasteiger partial charge in [-0.1, -0.05) is 57.0 Å². The molecular formula is C13H19. The van der Waals surface area contributed by atoms with Crippen molar-refractivity contribution in [2.24, 2.45) is 0 Å². The first-order chi connectivity index (χ1) is 6.38. The lowest BCUT2D eigenvalue weighted by molar-refractivity contribution is 0.588. The zero-order valence-corrected chi connectivity index (χ0v) is 8.50. The Bertz CT molecular complexity index is 213. The molecule has 0 spiro atoms. The first kappa shape index (κ1) is 10.3. The smallest absolute Gasteiger partial charge is 0.0162 e. The molecule has 0 saturated heterocycles. The van der Waals surface area contributed by atoms with E-state index in [1.165, 1.54) is 24.8 Å². The molecule has 13 heavy (non-hydrogen) atoms. The fraction of sp³-hybridized carbons (Fsp3) is 0.462. The Morgan fingerprint density at radius 2 is 1.92 bits per heavy atom. The van der Waals surface area contributed by atoms with Crippen LogP contribution < -0.4 is 0 Å². The standard InChI is InChI=1S/C13H19/c1-3-5-9-12(4-2)13-10-7-6-8-11-13/h6-8,10-12H,2-5,9H2,1H3. The van der Waals surface area contributed by atoms with Crippen molar-refractivity contribution in [3.8, 4) is 0 Å². The predicted octanol–water partition coefficient (Wildman–Crippen LogP) is 4.18. The molecule has 1 unspecified atom stereocenters. The van der Waals surface area contributed by atoms with E-state index in [4.69, 9.17) is 0 Å². The second kappa shape index (κ2) is 5.80. The number of unbranched alkanes of at least 4 members (excludes halogenated alkanes) is 1. The molecule has 0 aliphatic carbocycles. The molecule has 1 aromatic rings. The number of hydrogen-bond donors (Lipinski definition) is 0. The van der Waals surface area contributed by atoms with E-state index in [-0.39, 0.29) is 0 Å². The first-order valence-corrected chi connectivity index (χ1v) is 5.22. The molecule has 1 aromatic carbocycles. The summed E-state index contributed by atoms with van der Waals surface area (Å²) >= 11 is 0. The summed E-state index contributed by atoms with van der Waals surface area (Å²) in [5.41, 5.74) is 1.45. The van der Waals surface area contributed by atoms with Crippen molar-refractivity contribution < 1.29 is 0 Å². The first-order valence-electron chi connectivity index (χ1n) is 5.22. The van der Waals surface area contributed by atoms with Crippen molar-refractivity contribution in [1.29, 1.82) is 0 Å². The molecule has 0 fully saturated rings. The van der Waals surface area contributed by atoms with Crippen LogP contribution in [-0.4, -0.2) is 0 Å². The minimum absolute atomic E-state index is 0.668. The SMILES string of the molecule is [CH2]CC(CCCC)c1ccccc1. The maximum absolute atomic E-state index is 4.02. The lowest BCUT2D eigenvalue weighted by atomic mass is 9.91. The second-order valence-corrected chi connectivity index (χ2v) is 3.54. The quantitative estimate of drug-likeness (QED) is 0.629. The van der Waals surface area contributed by atoms with Crippen LogP contribution in [0.15, 0.2) is 30.3 Å². The summed E-state index contributed by atoms with van der Waals surface area (Å²) in [5.74, 6) is 0.668. The fourth-order valence-corrected chi connectivity index (χ4v) is 1.65. The summed E-state index contributed by atoms with van der Waals surface area (Å²) in [6.45, 7) is 6.26. The van der Waals surface area contributed by atoms with Crippen molar-refractivity contribution in [2.45, 2.75) is 38.5 Å². The molecule has 0 aromatic heterocycles. The summed E-state index contributed by atoms with van der Waals surface area (Å²) in [6.07, 6.45) is 4.90. The third-order valence-electron chi connectivity index (χ3n) is 2.53. The summed E-state index contributed by atoms with van der Waals surface area (Å²) in [5, 5.41) is 0. The molecule has 1 rings (SSSR count). The summed E-state index contributed by atoms with van der Waals surface area (Å²) in [7, 11) is 0. The van der Waals surface area contributed by atoms with Gasteiger partial charge >= 0.3 is 0 Å². The third-order valence-corrected chi connectivity index (χ3v) is 2.53. The number of hydrogen-bond acceptors (Lipinski definition) is 0. The molecule has 71 valence electrons. The van der Waals surface area contributed by atoms with Gasteiger partial charge in [-0.05, 0) is 24.3 Å². The van der Waals surface area contributed by atoms with Crippen molar-refractivity contribution in [1.82, 2.24) is 0 Å². The Kier molecular flexibility index (Phi) is 4.59. The highest BCUT2D eigenvalue weighted by molar-refractivity contribution is 5.19. The maximum Gasteiger partial charge on any atom is -0.0162 e. The van der Waals surface area contributed by atoms with E-state index < -0.39 is 0 Å². The van der Waals surface area contributed by atoms with E-state index in [0.717, 1.165) is 6.42 Å². The minimum Gasteiger partial charge on any atom is -0.0654 e. The molecule has 0 saturated carbocycles. The van der Waals surface area contributed by atoms with Crippen LogP contribution in [-0.2, 0) is 0 Å². The molecule has 0 heteroatoms. The van der Waals surface area contributed by atoms with Gasteiger partial charge in [0.05, 0.1) is 0 Å². The Hall–Kier alpha value is -0.780. The molecular weight excluding hydrogens is 156 g/mol. The average molecular weight is 175 g/mol. The van der Waals surface area contributed by atoms with Crippen LogP contribution in [0.25, 0.3) is 0 Å². The normalized spacial score (nSPS) is 12.8. The molecule has 0 amide bonds. The van der Waals surface area contributed by atoms with E-state index in [9.17, 15) is 0 Å². The van der Waals surface area contributed by atoms with E-state index >= 15 is 0 Å². The van der Waals surface area contributed by atoms with Gasteiger partial charge in [0.25, 0.3) is 0 Å². The van der Waals surface area contributed by atoms with Gasteiger partial charge < -0.3 is 0 Å². The van der Waals surface area contributed by atoms with E-state index in [1.807, 2.05) is 0 Å². The molecule has 0 N–H and O–H groups in total. The van der Waals surface area contributed by atoms with Gasteiger partial charge in [0.15, 0.2) is 0 Å². The highest BCUT2D eigenvalue weighted by atomic mass is 14.1. The molecule has 0 nitrogen and oxygen atoms in total. The van der Waals surface area contributed by atoms with Gasteiger partial charge in [0.2, 0.25) is 0 Å². The molecule has 0 heterocycles. The Morgan fingerprint density at radius 1 is 1.23 bits per heavy atom. The number of benzene rings is 1. The second-order valence-electron chi connectivity index (χ2n) is 3.54.